The van der Waals surface area contributed by atoms with Crippen LogP contribution in [0.1, 0.15) is 12.5 Å². The second-order valence-corrected chi connectivity index (χ2v) is 2.81. The zero-order valence-electron chi connectivity index (χ0n) is 8.21. The number of aryl methyl sites for hydroxylation is 1. The van der Waals surface area contributed by atoms with Gasteiger partial charge in [0.25, 0.3) is 0 Å². The van der Waals surface area contributed by atoms with E-state index >= 15 is 0 Å². The molecule has 0 bridgehead atoms. The minimum Gasteiger partial charge on any atom is -0.501 e. The van der Waals surface area contributed by atoms with E-state index < -0.39 is 13.5 Å². The zero-order valence-corrected chi connectivity index (χ0v) is 8.21. The highest BCUT2D eigenvalue weighted by Gasteiger charge is 2.23. The van der Waals surface area contributed by atoms with E-state index in [0.717, 1.165) is 12.0 Å². The van der Waals surface area contributed by atoms with Gasteiger partial charge in [-0.1, -0.05) is 19.1 Å². The van der Waals surface area contributed by atoms with E-state index in [4.69, 9.17) is 14.8 Å². The van der Waals surface area contributed by atoms with Crippen molar-refractivity contribution in [2.75, 3.05) is 0 Å². The van der Waals surface area contributed by atoms with Crippen LogP contribution in [0.4, 0.5) is 4.79 Å². The molecule has 2 N–H and O–H groups in total. The maximum absolute atomic E-state index is 10.0. The summed E-state index contributed by atoms with van der Waals surface area (Å²) in [6.07, 6.45) is -0.693. The predicted octanol–water partition coefficient (Wildman–Crippen LogP) is 1.30. The molecule has 6 heteroatoms. The molecular formula is C9H11BO5. The van der Waals surface area contributed by atoms with Gasteiger partial charge >= 0.3 is 13.5 Å². The van der Waals surface area contributed by atoms with Crippen LogP contribution in [0.3, 0.4) is 0 Å². The van der Waals surface area contributed by atoms with Crippen LogP contribution in [-0.2, 0) is 11.1 Å². The number of hydrogen-bond donors (Lipinski definition) is 2. The van der Waals surface area contributed by atoms with Crippen molar-refractivity contribution in [2.45, 2.75) is 13.3 Å². The molecule has 5 nitrogen and oxygen atoms in total. The first kappa shape index (κ1) is 11.4. The van der Waals surface area contributed by atoms with E-state index in [1.165, 1.54) is 0 Å². The first-order valence-electron chi connectivity index (χ1n) is 4.45. The molecule has 0 aliphatic rings. The maximum Gasteiger partial charge on any atom is 0.789 e. The smallest absolute Gasteiger partial charge is 0.501 e. The monoisotopic (exact) mass is 210 g/mol. The SMILES string of the molecule is CCc1ccc(OB(O)OC(=O)O)cc1. The fraction of sp³-hybridized carbons (Fsp3) is 0.222. The van der Waals surface area contributed by atoms with E-state index in [1.54, 1.807) is 12.1 Å². The van der Waals surface area contributed by atoms with Crippen LogP contribution in [0.2, 0.25) is 0 Å². The van der Waals surface area contributed by atoms with Crippen molar-refractivity contribution >= 4 is 13.5 Å². The van der Waals surface area contributed by atoms with Crippen LogP contribution < -0.4 is 4.65 Å². The van der Waals surface area contributed by atoms with Crippen LogP contribution in [0.15, 0.2) is 24.3 Å². The largest absolute Gasteiger partial charge is 0.789 e. The minimum absolute atomic E-state index is 0.348. The van der Waals surface area contributed by atoms with Gasteiger partial charge < -0.3 is 19.4 Å². The standard InChI is InChI=1S/C9H11BO5/c1-2-7-3-5-8(6-4-7)14-10(13)15-9(11)12/h3-6,13H,2H2,1H3,(H,11,12). The normalized spacial score (nSPS) is 9.47. The topological polar surface area (TPSA) is 76.0 Å². The summed E-state index contributed by atoms with van der Waals surface area (Å²) in [4.78, 5) is 10.0. The highest BCUT2D eigenvalue weighted by molar-refractivity contribution is 6.38. The number of carboxylic acid groups (broad SMARTS) is 1. The Morgan fingerprint density at radius 2 is 2.00 bits per heavy atom. The Balaban J connectivity index is 2.53. The summed E-state index contributed by atoms with van der Waals surface area (Å²) < 4.78 is 8.74. The Morgan fingerprint density at radius 3 is 2.47 bits per heavy atom. The molecule has 0 aliphatic heterocycles. The lowest BCUT2D eigenvalue weighted by Crippen LogP contribution is -2.28. The van der Waals surface area contributed by atoms with E-state index in [1.807, 2.05) is 19.1 Å². The van der Waals surface area contributed by atoms with Gasteiger partial charge in [-0.15, -0.1) is 0 Å². The Hall–Kier alpha value is -1.69. The van der Waals surface area contributed by atoms with Gasteiger partial charge in [0.15, 0.2) is 0 Å². The molecule has 0 aliphatic carbocycles. The first-order chi connectivity index (χ1) is 7.11. The van der Waals surface area contributed by atoms with Crippen molar-refractivity contribution in [3.63, 3.8) is 0 Å². The molecular weight excluding hydrogens is 199 g/mol. The molecule has 0 heterocycles. The molecule has 0 saturated carbocycles. The van der Waals surface area contributed by atoms with Crippen molar-refractivity contribution in [3.05, 3.63) is 29.8 Å². The molecule has 0 aromatic heterocycles. The fourth-order valence-corrected chi connectivity index (χ4v) is 1.03. The maximum atomic E-state index is 10.0. The highest BCUT2D eigenvalue weighted by Crippen LogP contribution is 2.13. The molecule has 1 rings (SSSR count). The molecule has 0 amide bonds. The molecule has 1 aromatic rings. The van der Waals surface area contributed by atoms with Crippen LogP contribution in [0.25, 0.3) is 0 Å². The number of benzene rings is 1. The van der Waals surface area contributed by atoms with Crippen molar-refractivity contribution in [1.29, 1.82) is 0 Å². The lowest BCUT2D eigenvalue weighted by atomic mass is 10.1. The van der Waals surface area contributed by atoms with Gasteiger partial charge in [-0.05, 0) is 24.1 Å². The molecule has 0 fully saturated rings. The third-order valence-corrected chi connectivity index (χ3v) is 1.77. The summed E-state index contributed by atoms with van der Waals surface area (Å²) in [6.45, 7) is 2.01. The summed E-state index contributed by atoms with van der Waals surface area (Å²) >= 11 is 0. The van der Waals surface area contributed by atoms with Gasteiger partial charge in [0.1, 0.15) is 5.75 Å². The molecule has 80 valence electrons. The molecule has 0 atom stereocenters. The first-order valence-corrected chi connectivity index (χ1v) is 4.45. The van der Waals surface area contributed by atoms with E-state index in [2.05, 4.69) is 4.65 Å². The van der Waals surface area contributed by atoms with Gasteiger partial charge in [-0.3, -0.25) is 0 Å². The molecule has 0 unspecified atom stereocenters. The predicted molar refractivity (Wildman–Crippen MR) is 53.5 cm³/mol. The Bertz CT molecular complexity index is 324. The van der Waals surface area contributed by atoms with Gasteiger partial charge in [-0.25, -0.2) is 4.79 Å². The lowest BCUT2D eigenvalue weighted by molar-refractivity contribution is 0.122. The summed E-state index contributed by atoms with van der Waals surface area (Å²) in [5.41, 5.74) is 1.12. The minimum atomic E-state index is -1.80. The van der Waals surface area contributed by atoms with Crippen LogP contribution in [0.5, 0.6) is 5.75 Å². The number of carbonyl (C=O) groups is 1. The Kier molecular flexibility index (Phi) is 3.99. The van der Waals surface area contributed by atoms with Crippen LogP contribution >= 0.6 is 0 Å². The number of hydrogen-bond acceptors (Lipinski definition) is 4. The van der Waals surface area contributed by atoms with Crippen molar-refractivity contribution in [2.24, 2.45) is 0 Å². The van der Waals surface area contributed by atoms with Gasteiger partial charge in [-0.2, -0.15) is 0 Å². The zero-order chi connectivity index (χ0) is 11.3. The molecule has 0 saturated heterocycles. The quantitative estimate of drug-likeness (QED) is 0.732. The average Bonchev–Trinajstić information content (AvgIpc) is 2.17. The Morgan fingerprint density at radius 1 is 1.40 bits per heavy atom. The van der Waals surface area contributed by atoms with E-state index in [-0.39, 0.29) is 0 Å². The second kappa shape index (κ2) is 5.26. The fourth-order valence-electron chi connectivity index (χ4n) is 1.03. The van der Waals surface area contributed by atoms with Gasteiger partial charge in [0, 0.05) is 0 Å². The van der Waals surface area contributed by atoms with E-state index in [0.29, 0.717) is 5.75 Å². The Labute approximate surface area is 87.4 Å². The molecule has 0 radical (unpaired) electrons. The van der Waals surface area contributed by atoms with Gasteiger partial charge in [0.05, 0.1) is 0 Å². The van der Waals surface area contributed by atoms with Crippen molar-refractivity contribution < 1.29 is 24.2 Å². The summed E-state index contributed by atoms with van der Waals surface area (Å²) in [5, 5.41) is 17.2. The third kappa shape index (κ3) is 3.91. The summed E-state index contributed by atoms with van der Waals surface area (Å²) in [6, 6.07) is 6.91. The van der Waals surface area contributed by atoms with Crippen LogP contribution in [0, 0.1) is 0 Å². The van der Waals surface area contributed by atoms with Crippen molar-refractivity contribution in [1.82, 2.24) is 0 Å². The molecule has 0 spiro atoms. The van der Waals surface area contributed by atoms with E-state index in [9.17, 15) is 4.79 Å². The summed E-state index contributed by atoms with van der Waals surface area (Å²) in [5.74, 6) is 0.348. The van der Waals surface area contributed by atoms with Crippen molar-refractivity contribution in [3.8, 4) is 5.75 Å². The average molecular weight is 210 g/mol. The summed E-state index contributed by atoms with van der Waals surface area (Å²) in [7, 11) is -1.80. The number of rotatable bonds is 4. The molecule has 15 heavy (non-hydrogen) atoms. The lowest BCUT2D eigenvalue weighted by Gasteiger charge is -2.07. The van der Waals surface area contributed by atoms with Crippen LogP contribution in [-0.4, -0.2) is 23.6 Å². The second-order valence-electron chi connectivity index (χ2n) is 2.81. The van der Waals surface area contributed by atoms with Gasteiger partial charge in [0.2, 0.25) is 0 Å². The molecule has 1 aromatic carbocycles. The third-order valence-electron chi connectivity index (χ3n) is 1.77. The highest BCUT2D eigenvalue weighted by atomic mass is 16.7.